The van der Waals surface area contributed by atoms with Crippen LogP contribution in [0, 0.1) is 10.8 Å². The molecule has 0 saturated heterocycles. The van der Waals surface area contributed by atoms with Crippen LogP contribution in [0.2, 0.25) is 0 Å². The second-order valence-electron chi connectivity index (χ2n) is 6.86. The van der Waals surface area contributed by atoms with Gasteiger partial charge in [0, 0.05) is 12.1 Å². The Morgan fingerprint density at radius 1 is 1.00 bits per heavy atom. The molecular weight excluding hydrogens is 186 g/mol. The van der Waals surface area contributed by atoms with Crippen molar-refractivity contribution in [2.75, 3.05) is 13.7 Å². The highest BCUT2D eigenvalue weighted by Crippen LogP contribution is 2.50. The van der Waals surface area contributed by atoms with Crippen molar-refractivity contribution in [2.45, 2.75) is 58.9 Å². The average molecular weight is 213 g/mol. The molecule has 2 nitrogen and oxygen atoms in total. The third-order valence-corrected chi connectivity index (χ3v) is 3.71. The molecule has 1 saturated carbocycles. The molecule has 0 heterocycles. The summed E-state index contributed by atoms with van der Waals surface area (Å²) < 4.78 is 0. The summed E-state index contributed by atoms with van der Waals surface area (Å²) in [5, 5.41) is 12.7. The fourth-order valence-electron chi connectivity index (χ4n) is 4.01. The van der Waals surface area contributed by atoms with Gasteiger partial charge in [0.25, 0.3) is 0 Å². The first-order valence-corrected chi connectivity index (χ1v) is 6.04. The maximum atomic E-state index is 9.22. The van der Waals surface area contributed by atoms with E-state index in [1.807, 2.05) is 7.05 Å². The number of hydrogen-bond acceptors (Lipinski definition) is 2. The van der Waals surface area contributed by atoms with E-state index in [9.17, 15) is 5.11 Å². The Balaban J connectivity index is 2.89. The number of aliphatic hydroxyl groups excluding tert-OH is 1. The molecule has 15 heavy (non-hydrogen) atoms. The molecule has 2 N–H and O–H groups in total. The summed E-state index contributed by atoms with van der Waals surface area (Å²) >= 11 is 0. The molecule has 0 aromatic rings. The Labute approximate surface area is 94.5 Å². The Morgan fingerprint density at radius 2 is 1.47 bits per heavy atom. The van der Waals surface area contributed by atoms with Crippen molar-refractivity contribution >= 4 is 0 Å². The summed E-state index contributed by atoms with van der Waals surface area (Å²) in [5.74, 6) is 0. The quantitative estimate of drug-likeness (QED) is 0.755. The van der Waals surface area contributed by atoms with Gasteiger partial charge in [-0.2, -0.15) is 0 Å². The third-order valence-electron chi connectivity index (χ3n) is 3.71. The normalized spacial score (nSPS) is 27.6. The molecule has 0 atom stereocenters. The van der Waals surface area contributed by atoms with Crippen LogP contribution in [0.3, 0.4) is 0 Å². The molecule has 1 aliphatic rings. The average Bonchev–Trinajstić information content (AvgIpc) is 1.98. The van der Waals surface area contributed by atoms with Crippen molar-refractivity contribution in [1.29, 1.82) is 0 Å². The molecule has 2 heteroatoms. The van der Waals surface area contributed by atoms with Crippen LogP contribution in [0.25, 0.3) is 0 Å². The largest absolute Gasteiger partial charge is 0.396 e. The molecule has 90 valence electrons. The van der Waals surface area contributed by atoms with Gasteiger partial charge >= 0.3 is 0 Å². The zero-order valence-electron chi connectivity index (χ0n) is 11.0. The summed E-state index contributed by atoms with van der Waals surface area (Å²) in [6.07, 6.45) is 4.48. The van der Waals surface area contributed by atoms with Crippen molar-refractivity contribution in [1.82, 2.24) is 5.32 Å². The van der Waals surface area contributed by atoms with Crippen LogP contribution in [0.1, 0.15) is 53.4 Å². The maximum absolute atomic E-state index is 9.22. The Morgan fingerprint density at radius 3 is 1.80 bits per heavy atom. The Kier molecular flexibility index (Phi) is 3.52. The van der Waals surface area contributed by atoms with E-state index in [2.05, 4.69) is 33.0 Å². The zero-order valence-corrected chi connectivity index (χ0v) is 11.0. The monoisotopic (exact) mass is 213 g/mol. The van der Waals surface area contributed by atoms with E-state index >= 15 is 0 Å². The molecule has 1 aliphatic carbocycles. The summed E-state index contributed by atoms with van der Waals surface area (Å²) in [4.78, 5) is 0. The van der Waals surface area contributed by atoms with Crippen molar-refractivity contribution in [3.8, 4) is 0 Å². The number of rotatable bonds is 3. The number of aliphatic hydroxyl groups is 1. The van der Waals surface area contributed by atoms with E-state index in [0.717, 1.165) is 6.42 Å². The van der Waals surface area contributed by atoms with E-state index in [4.69, 9.17) is 0 Å². The van der Waals surface area contributed by atoms with Crippen LogP contribution in [0.15, 0.2) is 0 Å². The highest BCUT2D eigenvalue weighted by molar-refractivity contribution is 5.01. The highest BCUT2D eigenvalue weighted by atomic mass is 16.3. The van der Waals surface area contributed by atoms with E-state index < -0.39 is 0 Å². The van der Waals surface area contributed by atoms with Crippen LogP contribution < -0.4 is 5.32 Å². The fourth-order valence-corrected chi connectivity index (χ4v) is 4.01. The van der Waals surface area contributed by atoms with Crippen molar-refractivity contribution in [3.63, 3.8) is 0 Å². The molecule has 0 aromatic carbocycles. The van der Waals surface area contributed by atoms with Gasteiger partial charge in [-0.25, -0.2) is 0 Å². The third kappa shape index (κ3) is 3.18. The number of nitrogens with one attached hydrogen (secondary N) is 1. The van der Waals surface area contributed by atoms with E-state index in [1.165, 1.54) is 19.3 Å². The SMILES string of the molecule is CNC1(CCO)CC(C)(C)CC(C)(C)C1. The fraction of sp³-hybridized carbons (Fsp3) is 1.00. The second kappa shape index (κ2) is 4.06. The van der Waals surface area contributed by atoms with Crippen molar-refractivity contribution in [2.24, 2.45) is 10.8 Å². The van der Waals surface area contributed by atoms with Gasteiger partial charge in [0.1, 0.15) is 0 Å². The lowest BCUT2D eigenvalue weighted by molar-refractivity contribution is 0.0193. The molecule has 0 bridgehead atoms. The lowest BCUT2D eigenvalue weighted by Gasteiger charge is -2.52. The van der Waals surface area contributed by atoms with Crippen LogP contribution in [-0.2, 0) is 0 Å². The lowest BCUT2D eigenvalue weighted by atomic mass is 9.57. The first-order valence-electron chi connectivity index (χ1n) is 6.04. The van der Waals surface area contributed by atoms with E-state index in [-0.39, 0.29) is 12.1 Å². The van der Waals surface area contributed by atoms with Crippen molar-refractivity contribution < 1.29 is 5.11 Å². The summed E-state index contributed by atoms with van der Waals surface area (Å²) in [5.41, 5.74) is 0.889. The highest BCUT2D eigenvalue weighted by Gasteiger charge is 2.46. The summed E-state index contributed by atoms with van der Waals surface area (Å²) in [6.45, 7) is 9.66. The molecule has 0 aliphatic heterocycles. The van der Waals surface area contributed by atoms with Crippen LogP contribution >= 0.6 is 0 Å². The molecule has 0 spiro atoms. The predicted octanol–water partition coefficient (Wildman–Crippen LogP) is 2.56. The molecular formula is C13H27NO. The van der Waals surface area contributed by atoms with Gasteiger partial charge in [-0.05, 0) is 43.6 Å². The predicted molar refractivity (Wildman–Crippen MR) is 64.9 cm³/mol. The Hall–Kier alpha value is -0.0800. The molecule has 0 unspecified atom stereocenters. The zero-order chi connectivity index (χ0) is 11.7. The minimum absolute atomic E-state index is 0.139. The van der Waals surface area contributed by atoms with Gasteiger partial charge in [0.05, 0.1) is 0 Å². The van der Waals surface area contributed by atoms with Gasteiger partial charge in [-0.1, -0.05) is 27.7 Å². The topological polar surface area (TPSA) is 32.3 Å². The lowest BCUT2D eigenvalue weighted by Crippen LogP contribution is -2.54. The summed E-state index contributed by atoms with van der Waals surface area (Å²) in [6, 6.07) is 0. The minimum Gasteiger partial charge on any atom is -0.396 e. The minimum atomic E-state index is 0.139. The standard InChI is InChI=1S/C13H27NO/c1-11(2)8-12(3,4)10-13(9-11,14-5)6-7-15/h14-15H,6-10H2,1-5H3. The van der Waals surface area contributed by atoms with Gasteiger partial charge < -0.3 is 10.4 Å². The van der Waals surface area contributed by atoms with Crippen LogP contribution in [-0.4, -0.2) is 24.3 Å². The van der Waals surface area contributed by atoms with Crippen LogP contribution in [0.5, 0.6) is 0 Å². The van der Waals surface area contributed by atoms with Crippen molar-refractivity contribution in [3.05, 3.63) is 0 Å². The Bertz CT molecular complexity index is 205. The van der Waals surface area contributed by atoms with E-state index in [1.54, 1.807) is 0 Å². The first-order chi connectivity index (χ1) is 6.74. The second-order valence-corrected chi connectivity index (χ2v) is 6.86. The summed E-state index contributed by atoms with van der Waals surface area (Å²) in [7, 11) is 2.03. The number of hydrogen-bond donors (Lipinski definition) is 2. The molecule has 1 fully saturated rings. The smallest absolute Gasteiger partial charge is 0.0448 e. The maximum Gasteiger partial charge on any atom is 0.0448 e. The van der Waals surface area contributed by atoms with Gasteiger partial charge in [-0.3, -0.25) is 0 Å². The molecule has 0 amide bonds. The first kappa shape index (κ1) is 13.0. The van der Waals surface area contributed by atoms with Crippen LogP contribution in [0.4, 0.5) is 0 Å². The van der Waals surface area contributed by atoms with Gasteiger partial charge in [-0.15, -0.1) is 0 Å². The molecule has 1 rings (SSSR count). The van der Waals surface area contributed by atoms with E-state index in [0.29, 0.717) is 10.8 Å². The molecule has 0 aromatic heterocycles. The van der Waals surface area contributed by atoms with Gasteiger partial charge in [0.2, 0.25) is 0 Å². The molecule has 0 radical (unpaired) electrons. The van der Waals surface area contributed by atoms with Gasteiger partial charge in [0.15, 0.2) is 0 Å².